The van der Waals surface area contributed by atoms with Gasteiger partial charge in [0.1, 0.15) is 0 Å². The summed E-state index contributed by atoms with van der Waals surface area (Å²) < 4.78 is 0. The van der Waals surface area contributed by atoms with Crippen LogP contribution in [-0.2, 0) is 4.79 Å². The molecule has 0 aromatic heterocycles. The predicted molar refractivity (Wildman–Crippen MR) is 78.7 cm³/mol. The van der Waals surface area contributed by atoms with Gasteiger partial charge in [0.2, 0.25) is 5.91 Å². The summed E-state index contributed by atoms with van der Waals surface area (Å²) in [5, 5.41) is 16.8. The number of rotatable bonds is 6. The molecule has 1 aromatic rings. The molecule has 0 spiro atoms. The van der Waals surface area contributed by atoms with Crippen LogP contribution in [0.25, 0.3) is 0 Å². The van der Waals surface area contributed by atoms with Crippen LogP contribution in [0.4, 0.5) is 10.5 Å². The van der Waals surface area contributed by atoms with Crippen LogP contribution < -0.4 is 16.0 Å². The first-order chi connectivity index (χ1) is 9.93. The second-order valence-electron chi connectivity index (χ2n) is 4.08. The van der Waals surface area contributed by atoms with Crippen LogP contribution in [0.1, 0.15) is 23.7 Å². The summed E-state index contributed by atoms with van der Waals surface area (Å²) in [6, 6.07) is 3.45. The van der Waals surface area contributed by atoms with E-state index in [1.54, 1.807) is 6.92 Å². The van der Waals surface area contributed by atoms with E-state index in [2.05, 4.69) is 16.0 Å². The number of halogens is 1. The van der Waals surface area contributed by atoms with Crippen molar-refractivity contribution in [2.24, 2.45) is 0 Å². The summed E-state index contributed by atoms with van der Waals surface area (Å²) in [5.41, 5.74) is 0.0174. The number of carbonyl (C=O) groups excluding carboxylic acids is 2. The molecule has 0 aliphatic rings. The van der Waals surface area contributed by atoms with Crippen molar-refractivity contribution in [1.29, 1.82) is 0 Å². The molecule has 4 N–H and O–H groups in total. The summed E-state index contributed by atoms with van der Waals surface area (Å²) in [6.45, 7) is 2.46. The van der Waals surface area contributed by atoms with E-state index in [0.29, 0.717) is 11.6 Å². The van der Waals surface area contributed by atoms with Gasteiger partial charge in [0.25, 0.3) is 0 Å². The van der Waals surface area contributed by atoms with E-state index < -0.39 is 12.0 Å². The van der Waals surface area contributed by atoms with Crippen LogP contribution in [-0.4, -0.2) is 36.1 Å². The highest BCUT2D eigenvalue weighted by molar-refractivity contribution is 6.31. The third-order valence-corrected chi connectivity index (χ3v) is 2.71. The summed E-state index contributed by atoms with van der Waals surface area (Å²) in [6.07, 6.45) is 0.141. The molecule has 8 heteroatoms. The van der Waals surface area contributed by atoms with Gasteiger partial charge >= 0.3 is 12.0 Å². The Morgan fingerprint density at radius 1 is 1.24 bits per heavy atom. The van der Waals surface area contributed by atoms with Crippen molar-refractivity contribution in [3.8, 4) is 0 Å². The van der Waals surface area contributed by atoms with Gasteiger partial charge in [0.05, 0.1) is 11.3 Å². The highest BCUT2D eigenvalue weighted by Gasteiger charge is 2.13. The molecule has 3 amide bonds. The number of carbonyl (C=O) groups is 3. The molecule has 0 fully saturated rings. The molecule has 0 saturated carbocycles. The lowest BCUT2D eigenvalue weighted by Crippen LogP contribution is -2.33. The first-order valence-electron chi connectivity index (χ1n) is 6.28. The molecule has 0 unspecified atom stereocenters. The molecule has 7 nitrogen and oxygen atoms in total. The standard InChI is InChI=1S/C13H16ClN3O4/c1-2-15-11(18)5-6-16-13(21)17-10-7-8(14)3-4-9(10)12(19)20/h3-4,7H,2,5-6H2,1H3,(H,15,18)(H,19,20)(H2,16,17,21). The number of hydrogen-bond acceptors (Lipinski definition) is 3. The Balaban J connectivity index is 2.57. The molecular weight excluding hydrogens is 298 g/mol. The van der Waals surface area contributed by atoms with Crippen molar-refractivity contribution in [3.63, 3.8) is 0 Å². The van der Waals surface area contributed by atoms with E-state index >= 15 is 0 Å². The first kappa shape index (κ1) is 16.8. The molecule has 0 aliphatic carbocycles. The quantitative estimate of drug-likeness (QED) is 0.641. The van der Waals surface area contributed by atoms with Crippen LogP contribution in [0.3, 0.4) is 0 Å². The Morgan fingerprint density at radius 2 is 1.95 bits per heavy atom. The molecule has 21 heavy (non-hydrogen) atoms. The molecule has 0 bridgehead atoms. The van der Waals surface area contributed by atoms with Crippen LogP contribution in [0, 0.1) is 0 Å². The normalized spacial score (nSPS) is 9.81. The lowest BCUT2D eigenvalue weighted by atomic mass is 10.2. The van der Waals surface area contributed by atoms with Gasteiger partial charge in [-0.3, -0.25) is 4.79 Å². The molecule has 1 aromatic carbocycles. The van der Waals surface area contributed by atoms with Gasteiger partial charge < -0.3 is 21.1 Å². The number of nitrogens with one attached hydrogen (secondary N) is 3. The topological polar surface area (TPSA) is 108 Å². The van der Waals surface area contributed by atoms with Crippen LogP contribution in [0.15, 0.2) is 18.2 Å². The maximum atomic E-state index is 11.6. The maximum Gasteiger partial charge on any atom is 0.337 e. The smallest absolute Gasteiger partial charge is 0.337 e. The number of carboxylic acid groups (broad SMARTS) is 1. The van der Waals surface area contributed by atoms with Crippen molar-refractivity contribution < 1.29 is 19.5 Å². The van der Waals surface area contributed by atoms with Crippen LogP contribution in [0.2, 0.25) is 5.02 Å². The lowest BCUT2D eigenvalue weighted by Gasteiger charge is -2.10. The van der Waals surface area contributed by atoms with E-state index in [4.69, 9.17) is 16.7 Å². The number of aromatic carboxylic acids is 1. The average molecular weight is 314 g/mol. The first-order valence-corrected chi connectivity index (χ1v) is 6.66. The number of hydrogen-bond donors (Lipinski definition) is 4. The Morgan fingerprint density at radius 3 is 2.57 bits per heavy atom. The number of amides is 3. The van der Waals surface area contributed by atoms with Gasteiger partial charge in [0.15, 0.2) is 0 Å². The number of anilines is 1. The highest BCUT2D eigenvalue weighted by atomic mass is 35.5. The monoisotopic (exact) mass is 313 g/mol. The second-order valence-corrected chi connectivity index (χ2v) is 4.52. The summed E-state index contributed by atoms with van der Waals surface area (Å²) >= 11 is 5.77. The molecule has 0 radical (unpaired) electrons. The third kappa shape index (κ3) is 5.70. The van der Waals surface area contributed by atoms with Crippen molar-refractivity contribution in [2.75, 3.05) is 18.4 Å². The maximum absolute atomic E-state index is 11.6. The fraction of sp³-hybridized carbons (Fsp3) is 0.308. The van der Waals surface area contributed by atoms with Gasteiger partial charge in [-0.25, -0.2) is 9.59 Å². The minimum atomic E-state index is -1.18. The van der Waals surface area contributed by atoms with Crippen LogP contribution in [0.5, 0.6) is 0 Å². The SMILES string of the molecule is CCNC(=O)CCNC(=O)Nc1cc(Cl)ccc1C(=O)O. The molecule has 114 valence electrons. The van der Waals surface area contributed by atoms with Gasteiger partial charge in [0, 0.05) is 24.5 Å². The van der Waals surface area contributed by atoms with E-state index in [1.165, 1.54) is 18.2 Å². The van der Waals surface area contributed by atoms with Crippen molar-refractivity contribution >= 4 is 35.2 Å². The third-order valence-electron chi connectivity index (χ3n) is 2.47. The zero-order valence-corrected chi connectivity index (χ0v) is 12.2. The number of carboxylic acids is 1. The van der Waals surface area contributed by atoms with E-state index in [9.17, 15) is 14.4 Å². The van der Waals surface area contributed by atoms with E-state index in [1.807, 2.05) is 0 Å². The lowest BCUT2D eigenvalue weighted by molar-refractivity contribution is -0.120. The van der Waals surface area contributed by atoms with Gasteiger partial charge in [-0.05, 0) is 25.1 Å². The highest BCUT2D eigenvalue weighted by Crippen LogP contribution is 2.21. The van der Waals surface area contributed by atoms with Crippen molar-refractivity contribution in [3.05, 3.63) is 28.8 Å². The Labute approximate surface area is 126 Å². The molecular formula is C13H16ClN3O4. The predicted octanol–water partition coefficient (Wildman–Crippen LogP) is 1.69. The van der Waals surface area contributed by atoms with Crippen LogP contribution >= 0.6 is 11.6 Å². The fourth-order valence-electron chi connectivity index (χ4n) is 1.55. The largest absolute Gasteiger partial charge is 0.478 e. The van der Waals surface area contributed by atoms with Crippen molar-refractivity contribution in [2.45, 2.75) is 13.3 Å². The molecule has 0 saturated heterocycles. The van der Waals surface area contributed by atoms with Crippen molar-refractivity contribution in [1.82, 2.24) is 10.6 Å². The summed E-state index contributed by atoms with van der Waals surface area (Å²) in [4.78, 5) is 33.9. The molecule has 0 heterocycles. The second kappa shape index (κ2) is 8.11. The Kier molecular flexibility index (Phi) is 6.48. The average Bonchev–Trinajstić information content (AvgIpc) is 2.38. The summed E-state index contributed by atoms with van der Waals surface area (Å²) in [7, 11) is 0. The van der Waals surface area contributed by atoms with Gasteiger partial charge in [-0.1, -0.05) is 11.6 Å². The molecule has 0 aliphatic heterocycles. The van der Waals surface area contributed by atoms with Gasteiger partial charge in [-0.15, -0.1) is 0 Å². The summed E-state index contributed by atoms with van der Waals surface area (Å²) in [5.74, 6) is -1.35. The molecule has 0 atom stereocenters. The minimum absolute atomic E-state index is 0.0710. The van der Waals surface area contributed by atoms with E-state index in [0.717, 1.165) is 0 Å². The Bertz CT molecular complexity index is 548. The van der Waals surface area contributed by atoms with E-state index in [-0.39, 0.29) is 30.1 Å². The minimum Gasteiger partial charge on any atom is -0.478 e. The Hall–Kier alpha value is -2.28. The molecule has 1 rings (SSSR count). The number of benzene rings is 1. The number of urea groups is 1. The zero-order valence-electron chi connectivity index (χ0n) is 11.4. The fourth-order valence-corrected chi connectivity index (χ4v) is 1.72. The zero-order chi connectivity index (χ0) is 15.8. The van der Waals surface area contributed by atoms with Gasteiger partial charge in [-0.2, -0.15) is 0 Å².